The van der Waals surface area contributed by atoms with Crippen LogP contribution in [-0.2, 0) is 16.2 Å². The number of alkyl halides is 3. The molecule has 0 radical (unpaired) electrons. The second kappa shape index (κ2) is 6.54. The third kappa shape index (κ3) is 3.90. The van der Waals surface area contributed by atoms with E-state index in [0.717, 1.165) is 16.4 Å². The number of benzene rings is 1. The Morgan fingerprint density at radius 2 is 1.76 bits per heavy atom. The van der Waals surface area contributed by atoms with Crippen LogP contribution in [0.1, 0.15) is 32.3 Å². The molecule has 3 nitrogen and oxygen atoms in total. The van der Waals surface area contributed by atoms with Gasteiger partial charge in [-0.15, -0.1) is 0 Å². The van der Waals surface area contributed by atoms with Gasteiger partial charge in [-0.25, -0.2) is 8.42 Å². The molecule has 0 N–H and O–H groups in total. The van der Waals surface area contributed by atoms with Crippen molar-refractivity contribution >= 4 is 21.6 Å². The van der Waals surface area contributed by atoms with E-state index < -0.39 is 26.7 Å². The molecule has 0 amide bonds. The Balaban J connectivity index is 3.45. The maximum Gasteiger partial charge on any atom is 0.417 e. The number of halogens is 4. The van der Waals surface area contributed by atoms with Crippen molar-refractivity contribution in [3.8, 4) is 0 Å². The van der Waals surface area contributed by atoms with Gasteiger partial charge in [0.05, 0.1) is 10.5 Å². The molecule has 0 aliphatic rings. The zero-order valence-corrected chi connectivity index (χ0v) is 13.5. The third-order valence-corrected chi connectivity index (χ3v) is 5.56. The first-order chi connectivity index (χ1) is 9.55. The molecule has 8 heteroatoms. The summed E-state index contributed by atoms with van der Waals surface area (Å²) in [6.45, 7) is 3.57. The Labute approximate surface area is 127 Å². The zero-order chi connectivity index (χ0) is 16.4. The van der Waals surface area contributed by atoms with Crippen LogP contribution in [0.2, 0.25) is 5.02 Å². The number of rotatable bonds is 5. The second-order valence-electron chi connectivity index (χ2n) is 4.63. The van der Waals surface area contributed by atoms with E-state index >= 15 is 0 Å². The molecular formula is C13H17ClF3NO2S. The predicted octanol–water partition coefficient (Wildman–Crippen LogP) is 4.17. The SMILES string of the molecule is CCC(CC)N(C)S(=O)(=O)c1ccc(Cl)cc1C(F)(F)F. The molecular weight excluding hydrogens is 327 g/mol. The van der Waals surface area contributed by atoms with Crippen molar-refractivity contribution in [2.45, 2.75) is 43.8 Å². The van der Waals surface area contributed by atoms with E-state index in [9.17, 15) is 21.6 Å². The first-order valence-corrected chi connectivity index (χ1v) is 8.22. The van der Waals surface area contributed by atoms with Gasteiger partial charge in [0.15, 0.2) is 0 Å². The van der Waals surface area contributed by atoms with Crippen molar-refractivity contribution in [1.82, 2.24) is 4.31 Å². The average molecular weight is 344 g/mol. The average Bonchev–Trinajstić information content (AvgIpc) is 2.38. The number of hydrogen-bond donors (Lipinski definition) is 0. The highest BCUT2D eigenvalue weighted by atomic mass is 35.5. The lowest BCUT2D eigenvalue weighted by molar-refractivity contribution is -0.139. The summed E-state index contributed by atoms with van der Waals surface area (Å²) < 4.78 is 65.0. The molecule has 0 saturated heterocycles. The van der Waals surface area contributed by atoms with Gasteiger partial charge in [0.1, 0.15) is 0 Å². The number of hydrogen-bond acceptors (Lipinski definition) is 2. The van der Waals surface area contributed by atoms with Crippen molar-refractivity contribution < 1.29 is 21.6 Å². The second-order valence-corrected chi connectivity index (χ2v) is 7.03. The maximum absolute atomic E-state index is 13.0. The summed E-state index contributed by atoms with van der Waals surface area (Å²) >= 11 is 5.56. The van der Waals surface area contributed by atoms with Crippen molar-refractivity contribution in [3.63, 3.8) is 0 Å². The maximum atomic E-state index is 13.0. The van der Waals surface area contributed by atoms with E-state index in [0.29, 0.717) is 18.9 Å². The minimum absolute atomic E-state index is 0.161. The van der Waals surface area contributed by atoms with Crippen LogP contribution < -0.4 is 0 Å². The zero-order valence-electron chi connectivity index (χ0n) is 11.9. The molecule has 0 bridgehead atoms. The summed E-state index contributed by atoms with van der Waals surface area (Å²) in [5.74, 6) is 0. The first kappa shape index (κ1) is 18.3. The summed E-state index contributed by atoms with van der Waals surface area (Å²) in [6, 6.07) is 2.32. The summed E-state index contributed by atoms with van der Waals surface area (Å²) in [5.41, 5.74) is -1.24. The predicted molar refractivity (Wildman–Crippen MR) is 75.8 cm³/mol. The number of nitrogens with zero attached hydrogens (tertiary/aromatic N) is 1. The van der Waals surface area contributed by atoms with E-state index in [1.54, 1.807) is 13.8 Å². The fourth-order valence-corrected chi connectivity index (χ4v) is 3.97. The fourth-order valence-electron chi connectivity index (χ4n) is 2.10. The van der Waals surface area contributed by atoms with Crippen LogP contribution in [0.5, 0.6) is 0 Å². The Morgan fingerprint density at radius 3 is 2.19 bits per heavy atom. The van der Waals surface area contributed by atoms with Gasteiger partial charge in [0.25, 0.3) is 0 Å². The molecule has 120 valence electrons. The van der Waals surface area contributed by atoms with Crippen LogP contribution in [0.15, 0.2) is 23.1 Å². The smallest absolute Gasteiger partial charge is 0.207 e. The van der Waals surface area contributed by atoms with Gasteiger partial charge >= 0.3 is 6.18 Å². The normalized spacial score (nSPS) is 13.2. The van der Waals surface area contributed by atoms with Gasteiger partial charge in [-0.3, -0.25) is 0 Å². The van der Waals surface area contributed by atoms with Crippen molar-refractivity contribution in [1.29, 1.82) is 0 Å². The third-order valence-electron chi connectivity index (χ3n) is 3.36. The molecule has 0 unspecified atom stereocenters. The van der Waals surface area contributed by atoms with Crippen LogP contribution in [0, 0.1) is 0 Å². The molecule has 0 aliphatic heterocycles. The van der Waals surface area contributed by atoms with E-state index in [4.69, 9.17) is 11.6 Å². The Morgan fingerprint density at radius 1 is 1.24 bits per heavy atom. The molecule has 1 aromatic rings. The Hall–Kier alpha value is -0.790. The first-order valence-electron chi connectivity index (χ1n) is 6.40. The summed E-state index contributed by atoms with van der Waals surface area (Å²) in [5, 5.41) is -0.161. The molecule has 1 rings (SSSR count). The Kier molecular flexibility index (Phi) is 5.69. The van der Waals surface area contributed by atoms with Crippen LogP contribution in [0.3, 0.4) is 0 Å². The van der Waals surface area contributed by atoms with E-state index in [-0.39, 0.29) is 11.1 Å². The van der Waals surface area contributed by atoms with Crippen LogP contribution >= 0.6 is 11.6 Å². The summed E-state index contributed by atoms with van der Waals surface area (Å²) in [6.07, 6.45) is -3.76. The van der Waals surface area contributed by atoms with Crippen molar-refractivity contribution in [2.24, 2.45) is 0 Å². The van der Waals surface area contributed by atoms with Crippen LogP contribution in [-0.4, -0.2) is 25.8 Å². The molecule has 0 fully saturated rings. The minimum Gasteiger partial charge on any atom is -0.207 e. The van der Waals surface area contributed by atoms with E-state index in [1.165, 1.54) is 7.05 Å². The fraction of sp³-hybridized carbons (Fsp3) is 0.538. The number of sulfonamides is 1. The van der Waals surface area contributed by atoms with E-state index in [2.05, 4.69) is 0 Å². The highest BCUT2D eigenvalue weighted by molar-refractivity contribution is 7.89. The lowest BCUT2D eigenvalue weighted by Gasteiger charge is -2.26. The Bertz CT molecular complexity index is 598. The molecule has 0 spiro atoms. The van der Waals surface area contributed by atoms with Crippen molar-refractivity contribution in [2.75, 3.05) is 7.05 Å². The minimum atomic E-state index is -4.79. The van der Waals surface area contributed by atoms with Gasteiger partial charge in [0.2, 0.25) is 10.0 Å². The monoisotopic (exact) mass is 343 g/mol. The van der Waals surface area contributed by atoms with Gasteiger partial charge in [-0.05, 0) is 31.0 Å². The summed E-state index contributed by atoms with van der Waals surface area (Å²) in [4.78, 5) is -0.770. The lowest BCUT2D eigenvalue weighted by Crippen LogP contribution is -2.37. The van der Waals surface area contributed by atoms with Gasteiger partial charge < -0.3 is 0 Å². The van der Waals surface area contributed by atoms with E-state index in [1.807, 2.05) is 0 Å². The molecule has 0 heterocycles. The summed E-state index contributed by atoms with van der Waals surface area (Å²) in [7, 11) is -2.94. The van der Waals surface area contributed by atoms with Crippen molar-refractivity contribution in [3.05, 3.63) is 28.8 Å². The van der Waals surface area contributed by atoms with Gasteiger partial charge in [-0.1, -0.05) is 25.4 Å². The molecule has 0 aliphatic carbocycles. The topological polar surface area (TPSA) is 37.4 Å². The largest absolute Gasteiger partial charge is 0.417 e. The molecule has 0 aromatic heterocycles. The lowest BCUT2D eigenvalue weighted by atomic mass is 10.2. The van der Waals surface area contributed by atoms with Gasteiger partial charge in [-0.2, -0.15) is 17.5 Å². The highest BCUT2D eigenvalue weighted by Gasteiger charge is 2.39. The standard InChI is InChI=1S/C13H17ClF3NO2S/c1-4-10(5-2)18(3)21(19,20)12-7-6-9(14)8-11(12)13(15,16)17/h6-8,10H,4-5H2,1-3H3. The van der Waals surface area contributed by atoms with Gasteiger partial charge in [0, 0.05) is 18.1 Å². The van der Waals surface area contributed by atoms with Crippen LogP contribution in [0.4, 0.5) is 13.2 Å². The molecule has 1 aromatic carbocycles. The highest BCUT2D eigenvalue weighted by Crippen LogP contribution is 2.37. The van der Waals surface area contributed by atoms with Crippen LogP contribution in [0.25, 0.3) is 0 Å². The quantitative estimate of drug-likeness (QED) is 0.804. The molecule has 21 heavy (non-hydrogen) atoms. The molecule has 0 atom stereocenters. The molecule has 0 saturated carbocycles.